The van der Waals surface area contributed by atoms with Gasteiger partial charge in [0.25, 0.3) is 0 Å². The smallest absolute Gasteiger partial charge is 0.308 e. The van der Waals surface area contributed by atoms with E-state index in [0.29, 0.717) is 13.2 Å². The van der Waals surface area contributed by atoms with Gasteiger partial charge in [0.2, 0.25) is 0 Å². The fraction of sp³-hybridized carbons (Fsp3) is 0.533. The Kier molecular flexibility index (Phi) is 7.11. The van der Waals surface area contributed by atoms with Crippen LogP contribution in [-0.2, 0) is 14.3 Å². The molecule has 1 atom stereocenters. The van der Waals surface area contributed by atoms with Crippen LogP contribution in [0.3, 0.4) is 0 Å². The van der Waals surface area contributed by atoms with Crippen LogP contribution in [0.5, 0.6) is 0 Å². The number of hydrogen-bond donors (Lipinski definition) is 0. The van der Waals surface area contributed by atoms with Crippen molar-refractivity contribution in [3.8, 4) is 0 Å². The van der Waals surface area contributed by atoms with Gasteiger partial charge in [0.1, 0.15) is 0 Å². The highest BCUT2D eigenvalue weighted by Crippen LogP contribution is 2.21. The standard InChI is InChI=1S/C15H22O3/c1-3-5-11-18-15(16)12-14(17-4-2)13-9-7-6-8-10-13/h6-10,14H,3-5,11-12H2,1-2H3. The number of benzene rings is 1. The van der Waals surface area contributed by atoms with E-state index in [-0.39, 0.29) is 18.5 Å². The molecule has 1 unspecified atom stereocenters. The number of unbranched alkanes of at least 4 members (excludes halogenated alkanes) is 1. The third-order valence-electron chi connectivity index (χ3n) is 2.65. The Bertz CT molecular complexity index is 335. The van der Waals surface area contributed by atoms with Gasteiger partial charge in [-0.15, -0.1) is 0 Å². The Hall–Kier alpha value is -1.35. The molecule has 0 bridgehead atoms. The van der Waals surface area contributed by atoms with Crippen molar-refractivity contribution in [3.63, 3.8) is 0 Å². The van der Waals surface area contributed by atoms with Crippen molar-refractivity contribution >= 4 is 5.97 Å². The van der Waals surface area contributed by atoms with Crippen molar-refractivity contribution in [1.29, 1.82) is 0 Å². The molecule has 1 aromatic rings. The van der Waals surface area contributed by atoms with E-state index in [1.54, 1.807) is 0 Å². The number of carbonyl (C=O) groups is 1. The molecule has 18 heavy (non-hydrogen) atoms. The summed E-state index contributed by atoms with van der Waals surface area (Å²) in [5.74, 6) is -0.189. The van der Waals surface area contributed by atoms with E-state index in [4.69, 9.17) is 9.47 Å². The molecule has 0 aromatic heterocycles. The van der Waals surface area contributed by atoms with E-state index in [1.807, 2.05) is 37.3 Å². The maximum absolute atomic E-state index is 11.7. The minimum atomic E-state index is -0.203. The van der Waals surface area contributed by atoms with Gasteiger partial charge in [0.15, 0.2) is 0 Å². The molecule has 3 nitrogen and oxygen atoms in total. The van der Waals surface area contributed by atoms with Crippen LogP contribution in [0.2, 0.25) is 0 Å². The predicted molar refractivity (Wildman–Crippen MR) is 71.3 cm³/mol. The second-order valence-corrected chi connectivity index (χ2v) is 4.13. The maximum atomic E-state index is 11.7. The Morgan fingerprint density at radius 2 is 1.94 bits per heavy atom. The highest BCUT2D eigenvalue weighted by molar-refractivity contribution is 5.70. The molecule has 0 saturated carbocycles. The lowest BCUT2D eigenvalue weighted by atomic mass is 10.1. The average Bonchev–Trinajstić information content (AvgIpc) is 2.39. The molecule has 0 saturated heterocycles. The van der Waals surface area contributed by atoms with Crippen molar-refractivity contribution in [2.45, 2.75) is 39.2 Å². The number of carbonyl (C=O) groups excluding carboxylic acids is 1. The second kappa shape index (κ2) is 8.70. The fourth-order valence-corrected chi connectivity index (χ4v) is 1.68. The molecule has 0 amide bonds. The van der Waals surface area contributed by atoms with Crippen LogP contribution >= 0.6 is 0 Å². The highest BCUT2D eigenvalue weighted by atomic mass is 16.5. The molecule has 0 heterocycles. The van der Waals surface area contributed by atoms with Crippen LogP contribution in [0, 0.1) is 0 Å². The third kappa shape index (κ3) is 5.32. The van der Waals surface area contributed by atoms with Crippen LogP contribution in [0.1, 0.15) is 44.8 Å². The highest BCUT2D eigenvalue weighted by Gasteiger charge is 2.16. The normalized spacial score (nSPS) is 12.1. The molecule has 0 aliphatic carbocycles. The summed E-state index contributed by atoms with van der Waals surface area (Å²) in [6.07, 6.45) is 2.02. The number of esters is 1. The van der Waals surface area contributed by atoms with Gasteiger partial charge in [-0.3, -0.25) is 4.79 Å². The van der Waals surface area contributed by atoms with E-state index in [0.717, 1.165) is 18.4 Å². The predicted octanol–water partition coefficient (Wildman–Crippen LogP) is 3.50. The minimum absolute atomic E-state index is 0.189. The van der Waals surface area contributed by atoms with Crippen LogP contribution in [-0.4, -0.2) is 19.2 Å². The second-order valence-electron chi connectivity index (χ2n) is 4.13. The molecule has 0 radical (unpaired) electrons. The zero-order valence-electron chi connectivity index (χ0n) is 11.2. The van der Waals surface area contributed by atoms with Crippen molar-refractivity contribution < 1.29 is 14.3 Å². The zero-order chi connectivity index (χ0) is 13.2. The molecule has 0 aliphatic heterocycles. The Morgan fingerprint density at radius 1 is 1.22 bits per heavy atom. The largest absolute Gasteiger partial charge is 0.466 e. The Labute approximate surface area is 109 Å². The van der Waals surface area contributed by atoms with Gasteiger partial charge in [-0.2, -0.15) is 0 Å². The van der Waals surface area contributed by atoms with Gasteiger partial charge < -0.3 is 9.47 Å². The number of hydrogen-bond acceptors (Lipinski definition) is 3. The lowest BCUT2D eigenvalue weighted by Crippen LogP contribution is -2.13. The first-order chi connectivity index (χ1) is 8.77. The molecule has 0 spiro atoms. The van der Waals surface area contributed by atoms with E-state index in [2.05, 4.69) is 6.92 Å². The first kappa shape index (κ1) is 14.7. The van der Waals surface area contributed by atoms with E-state index < -0.39 is 0 Å². The Morgan fingerprint density at radius 3 is 2.56 bits per heavy atom. The summed E-state index contributed by atoms with van der Waals surface area (Å²) < 4.78 is 10.8. The molecule has 0 N–H and O–H groups in total. The number of rotatable bonds is 8. The lowest BCUT2D eigenvalue weighted by Gasteiger charge is -2.16. The van der Waals surface area contributed by atoms with Gasteiger partial charge in [-0.05, 0) is 18.9 Å². The monoisotopic (exact) mass is 250 g/mol. The van der Waals surface area contributed by atoms with Gasteiger partial charge in [-0.25, -0.2) is 0 Å². The molecule has 100 valence electrons. The molecule has 0 aliphatic rings. The topological polar surface area (TPSA) is 35.5 Å². The Balaban J connectivity index is 2.50. The maximum Gasteiger partial charge on any atom is 0.308 e. The van der Waals surface area contributed by atoms with Gasteiger partial charge >= 0.3 is 5.97 Å². The zero-order valence-corrected chi connectivity index (χ0v) is 11.2. The van der Waals surface area contributed by atoms with Crippen molar-refractivity contribution in [2.24, 2.45) is 0 Å². The van der Waals surface area contributed by atoms with E-state index >= 15 is 0 Å². The summed E-state index contributed by atoms with van der Waals surface area (Å²) in [6.45, 7) is 5.09. The molecule has 3 heteroatoms. The van der Waals surface area contributed by atoms with Crippen LogP contribution < -0.4 is 0 Å². The summed E-state index contributed by atoms with van der Waals surface area (Å²) in [4.78, 5) is 11.7. The summed E-state index contributed by atoms with van der Waals surface area (Å²) >= 11 is 0. The average molecular weight is 250 g/mol. The molecular formula is C15H22O3. The summed E-state index contributed by atoms with van der Waals surface area (Å²) in [6, 6.07) is 9.79. The van der Waals surface area contributed by atoms with E-state index in [1.165, 1.54) is 0 Å². The summed E-state index contributed by atoms with van der Waals surface area (Å²) in [5, 5.41) is 0. The van der Waals surface area contributed by atoms with Crippen molar-refractivity contribution in [2.75, 3.05) is 13.2 Å². The van der Waals surface area contributed by atoms with Gasteiger partial charge in [0.05, 0.1) is 19.1 Å². The van der Waals surface area contributed by atoms with Crippen molar-refractivity contribution in [1.82, 2.24) is 0 Å². The van der Waals surface area contributed by atoms with Gasteiger partial charge in [0, 0.05) is 6.61 Å². The molecular weight excluding hydrogens is 228 g/mol. The SMILES string of the molecule is CCCCOC(=O)CC(OCC)c1ccccc1. The third-order valence-corrected chi connectivity index (χ3v) is 2.65. The van der Waals surface area contributed by atoms with Crippen LogP contribution in [0.4, 0.5) is 0 Å². The first-order valence-electron chi connectivity index (χ1n) is 6.60. The molecule has 1 aromatic carbocycles. The molecule has 0 fully saturated rings. The molecule has 1 rings (SSSR count). The van der Waals surface area contributed by atoms with Gasteiger partial charge in [-0.1, -0.05) is 43.7 Å². The summed E-state index contributed by atoms with van der Waals surface area (Å²) in [7, 11) is 0. The first-order valence-corrected chi connectivity index (χ1v) is 6.60. The van der Waals surface area contributed by atoms with Crippen LogP contribution in [0.25, 0.3) is 0 Å². The number of ether oxygens (including phenoxy) is 2. The minimum Gasteiger partial charge on any atom is -0.466 e. The fourth-order valence-electron chi connectivity index (χ4n) is 1.68. The quantitative estimate of drug-likeness (QED) is 0.523. The van der Waals surface area contributed by atoms with Crippen molar-refractivity contribution in [3.05, 3.63) is 35.9 Å². The lowest BCUT2D eigenvalue weighted by molar-refractivity contribution is -0.147. The van der Waals surface area contributed by atoms with Crippen LogP contribution in [0.15, 0.2) is 30.3 Å². The van der Waals surface area contributed by atoms with E-state index in [9.17, 15) is 4.79 Å². The summed E-state index contributed by atoms with van der Waals surface area (Å²) in [5.41, 5.74) is 1.02.